The molecule has 1 amide bonds. The quantitative estimate of drug-likeness (QED) is 0.783. The van der Waals surface area contributed by atoms with Crippen LogP contribution in [0.25, 0.3) is 0 Å². The van der Waals surface area contributed by atoms with Gasteiger partial charge in [0.2, 0.25) is 5.91 Å². The maximum atomic E-state index is 12.8. The fourth-order valence-electron chi connectivity index (χ4n) is 4.62. The summed E-state index contributed by atoms with van der Waals surface area (Å²) in [5.41, 5.74) is 5.35. The maximum Gasteiger partial charge on any atom is 0.233 e. The molecule has 2 bridgehead atoms. The van der Waals surface area contributed by atoms with Crippen molar-refractivity contribution in [3.05, 3.63) is 0 Å². The molecule has 3 N–H and O–H groups in total. The highest BCUT2D eigenvalue weighted by Gasteiger charge is 2.45. The molecule has 0 aromatic carbocycles. The second-order valence-corrected chi connectivity index (χ2v) is 7.64. The van der Waals surface area contributed by atoms with Crippen LogP contribution in [0.3, 0.4) is 0 Å². The average Bonchev–Trinajstić information content (AvgIpc) is 2.90. The molecule has 2 atom stereocenters. The molecule has 3 aliphatic rings. The van der Waals surface area contributed by atoms with Crippen molar-refractivity contribution in [1.29, 1.82) is 0 Å². The third-order valence-electron chi connectivity index (χ3n) is 6.04. The summed E-state index contributed by atoms with van der Waals surface area (Å²) in [5, 5.41) is 3.30. The smallest absolute Gasteiger partial charge is 0.233 e. The highest BCUT2D eigenvalue weighted by molar-refractivity contribution is 7.80. The number of amides is 1. The third kappa shape index (κ3) is 2.70. The zero-order valence-corrected chi connectivity index (χ0v) is 13.8. The van der Waals surface area contributed by atoms with E-state index in [0.717, 1.165) is 38.5 Å². The van der Waals surface area contributed by atoms with Gasteiger partial charge in [0.05, 0.1) is 10.4 Å². The first-order chi connectivity index (χ1) is 10.0. The van der Waals surface area contributed by atoms with Gasteiger partial charge in [0.15, 0.2) is 0 Å². The first-order valence-electron chi connectivity index (χ1n) is 8.36. The molecule has 1 aliphatic carbocycles. The van der Waals surface area contributed by atoms with Crippen molar-refractivity contribution in [3.8, 4) is 0 Å². The predicted octanol–water partition coefficient (Wildman–Crippen LogP) is 1.96. The van der Waals surface area contributed by atoms with Gasteiger partial charge in [-0.15, -0.1) is 0 Å². The molecule has 2 aliphatic heterocycles. The van der Waals surface area contributed by atoms with Crippen LogP contribution in [0.2, 0.25) is 0 Å². The number of carbonyl (C=O) groups excluding carboxylic acids is 1. The third-order valence-corrected chi connectivity index (χ3v) is 6.43. The number of hydrogen-bond donors (Lipinski definition) is 2. The molecule has 1 saturated carbocycles. The lowest BCUT2D eigenvalue weighted by Crippen LogP contribution is -2.58. The summed E-state index contributed by atoms with van der Waals surface area (Å²) >= 11 is 5.22. The first-order valence-corrected chi connectivity index (χ1v) is 8.76. The summed E-state index contributed by atoms with van der Waals surface area (Å²) in [7, 11) is 2.24. The molecule has 2 unspecified atom stereocenters. The van der Waals surface area contributed by atoms with Gasteiger partial charge in [-0.25, -0.2) is 0 Å². The lowest BCUT2D eigenvalue weighted by molar-refractivity contribution is -0.128. The minimum atomic E-state index is -0.562. The van der Waals surface area contributed by atoms with Crippen molar-refractivity contribution in [2.24, 2.45) is 11.1 Å². The zero-order chi connectivity index (χ0) is 15.0. The van der Waals surface area contributed by atoms with Gasteiger partial charge in [-0.1, -0.05) is 31.5 Å². The van der Waals surface area contributed by atoms with Gasteiger partial charge in [0.25, 0.3) is 0 Å². The summed E-state index contributed by atoms with van der Waals surface area (Å²) in [4.78, 5) is 15.7. The van der Waals surface area contributed by atoms with Crippen LogP contribution in [0.15, 0.2) is 0 Å². The Hall–Kier alpha value is -0.680. The van der Waals surface area contributed by atoms with Crippen LogP contribution in [0.4, 0.5) is 0 Å². The number of fused-ring (bicyclic) bond motifs is 2. The minimum Gasteiger partial charge on any atom is -0.392 e. The molecule has 118 valence electrons. The van der Waals surface area contributed by atoms with Gasteiger partial charge in [0, 0.05) is 18.1 Å². The minimum absolute atomic E-state index is 0.0973. The average molecular weight is 309 g/mol. The SMILES string of the molecule is CN1C2CCCC1CC(NC(=O)C1(C(N)=S)CCCC1)C2. The topological polar surface area (TPSA) is 58.4 Å². The van der Waals surface area contributed by atoms with Crippen molar-refractivity contribution in [1.82, 2.24) is 10.2 Å². The van der Waals surface area contributed by atoms with E-state index < -0.39 is 5.41 Å². The number of hydrogen-bond acceptors (Lipinski definition) is 3. The summed E-state index contributed by atoms with van der Waals surface area (Å²) in [6.07, 6.45) is 9.78. The fraction of sp³-hybridized carbons (Fsp3) is 0.875. The molecule has 5 heteroatoms. The normalized spacial score (nSPS) is 35.4. The van der Waals surface area contributed by atoms with E-state index in [-0.39, 0.29) is 5.91 Å². The summed E-state index contributed by atoms with van der Waals surface area (Å²) < 4.78 is 0. The monoisotopic (exact) mass is 309 g/mol. The van der Waals surface area contributed by atoms with E-state index in [2.05, 4.69) is 17.3 Å². The number of nitrogens with two attached hydrogens (primary N) is 1. The molecule has 21 heavy (non-hydrogen) atoms. The molecule has 0 radical (unpaired) electrons. The van der Waals surface area contributed by atoms with Gasteiger partial charge in [-0.2, -0.15) is 0 Å². The molecule has 0 aromatic heterocycles. The van der Waals surface area contributed by atoms with Gasteiger partial charge in [0.1, 0.15) is 0 Å². The Bertz CT molecular complexity index is 419. The van der Waals surface area contributed by atoms with Gasteiger partial charge in [-0.3, -0.25) is 4.79 Å². The molecule has 0 spiro atoms. The van der Waals surface area contributed by atoms with E-state index in [1.54, 1.807) is 0 Å². The molecule has 4 nitrogen and oxygen atoms in total. The molecule has 3 rings (SSSR count). The molecular weight excluding hydrogens is 282 g/mol. The van der Waals surface area contributed by atoms with Gasteiger partial charge < -0.3 is 16.0 Å². The van der Waals surface area contributed by atoms with Crippen molar-refractivity contribution in [3.63, 3.8) is 0 Å². The van der Waals surface area contributed by atoms with E-state index in [9.17, 15) is 4.79 Å². The summed E-state index contributed by atoms with van der Waals surface area (Å²) in [5.74, 6) is 0.0973. The number of nitrogens with one attached hydrogen (secondary N) is 1. The number of nitrogens with zero attached hydrogens (tertiary/aromatic N) is 1. The van der Waals surface area contributed by atoms with Crippen LogP contribution in [-0.4, -0.2) is 41.0 Å². The van der Waals surface area contributed by atoms with Crippen molar-refractivity contribution in [2.75, 3.05) is 7.05 Å². The van der Waals surface area contributed by atoms with Crippen molar-refractivity contribution >= 4 is 23.1 Å². The number of piperidine rings is 2. The lowest BCUT2D eigenvalue weighted by atomic mass is 9.80. The largest absolute Gasteiger partial charge is 0.392 e. The van der Waals surface area contributed by atoms with Gasteiger partial charge >= 0.3 is 0 Å². The maximum absolute atomic E-state index is 12.8. The van der Waals surface area contributed by atoms with E-state index in [1.165, 1.54) is 19.3 Å². The van der Waals surface area contributed by atoms with Crippen LogP contribution in [0, 0.1) is 5.41 Å². The second kappa shape index (κ2) is 5.84. The fourth-order valence-corrected chi connectivity index (χ4v) is 4.92. The van der Waals surface area contributed by atoms with Crippen molar-refractivity contribution in [2.45, 2.75) is 75.9 Å². The Morgan fingerprint density at radius 3 is 2.29 bits per heavy atom. The van der Waals surface area contributed by atoms with E-state index in [0.29, 0.717) is 23.1 Å². The number of rotatable bonds is 3. The Kier molecular flexibility index (Phi) is 4.23. The Morgan fingerprint density at radius 1 is 1.19 bits per heavy atom. The Morgan fingerprint density at radius 2 is 1.76 bits per heavy atom. The Balaban J connectivity index is 1.66. The molecule has 2 saturated heterocycles. The van der Waals surface area contributed by atoms with Crippen LogP contribution < -0.4 is 11.1 Å². The lowest BCUT2D eigenvalue weighted by Gasteiger charge is -2.47. The van der Waals surface area contributed by atoms with Crippen molar-refractivity contribution < 1.29 is 4.79 Å². The molecule has 2 heterocycles. The number of thiocarbonyl (C=S) groups is 1. The highest BCUT2D eigenvalue weighted by Crippen LogP contribution is 2.39. The summed E-state index contributed by atoms with van der Waals surface area (Å²) in [6, 6.07) is 1.56. The first kappa shape index (κ1) is 15.2. The van der Waals surface area contributed by atoms with E-state index >= 15 is 0 Å². The van der Waals surface area contributed by atoms with E-state index in [4.69, 9.17) is 18.0 Å². The van der Waals surface area contributed by atoms with Crippen LogP contribution >= 0.6 is 12.2 Å². The number of carbonyl (C=O) groups is 1. The zero-order valence-electron chi connectivity index (χ0n) is 12.9. The van der Waals surface area contributed by atoms with Gasteiger partial charge in [-0.05, 0) is 45.6 Å². The van der Waals surface area contributed by atoms with Crippen LogP contribution in [0.1, 0.15) is 57.8 Å². The molecule has 3 fully saturated rings. The standard InChI is InChI=1S/C16H27N3OS/c1-19-12-5-4-6-13(19)10-11(9-12)18-15(20)16(14(17)21)7-2-3-8-16/h11-13H,2-10H2,1H3,(H2,17,21)(H,18,20). The predicted molar refractivity (Wildman–Crippen MR) is 88.0 cm³/mol. The van der Waals surface area contributed by atoms with Crippen LogP contribution in [0.5, 0.6) is 0 Å². The molecular formula is C16H27N3OS. The molecule has 0 aromatic rings. The Labute approximate surface area is 132 Å². The highest BCUT2D eigenvalue weighted by atomic mass is 32.1. The van der Waals surface area contributed by atoms with Crippen LogP contribution in [-0.2, 0) is 4.79 Å². The second-order valence-electron chi connectivity index (χ2n) is 7.20. The van der Waals surface area contributed by atoms with E-state index in [1.807, 2.05) is 0 Å². The summed E-state index contributed by atoms with van der Waals surface area (Å²) in [6.45, 7) is 0.